The van der Waals surface area contributed by atoms with Crippen molar-refractivity contribution in [2.24, 2.45) is 13.0 Å². The molecule has 190 valence electrons. The van der Waals surface area contributed by atoms with Gasteiger partial charge in [0, 0.05) is 43.9 Å². The van der Waals surface area contributed by atoms with E-state index in [1.54, 1.807) is 36.3 Å². The lowest BCUT2D eigenvalue weighted by molar-refractivity contribution is -0.110. The van der Waals surface area contributed by atoms with Crippen LogP contribution >= 0.6 is 11.6 Å². The number of anilines is 1. The molecule has 3 aromatic rings. The molecule has 2 amide bonds. The lowest BCUT2D eigenvalue weighted by atomic mass is 9.64. The minimum atomic E-state index is -0.583. The maximum Gasteiger partial charge on any atom is 0.323 e. The number of halogens is 1. The number of carbonyl (C=O) groups excluding carboxylic acids is 1. The summed E-state index contributed by atoms with van der Waals surface area (Å²) < 4.78 is 13.2. The Kier molecular flexibility index (Phi) is 5.93. The molecule has 5 heterocycles. The number of fused-ring (bicyclic) bond motifs is 2. The van der Waals surface area contributed by atoms with Gasteiger partial charge in [0.1, 0.15) is 11.9 Å². The molecule has 3 unspecified atom stereocenters. The van der Waals surface area contributed by atoms with Crippen molar-refractivity contribution in [2.75, 3.05) is 31.6 Å². The number of ether oxygens (including phenoxy) is 1. The van der Waals surface area contributed by atoms with E-state index in [2.05, 4.69) is 37.4 Å². The highest BCUT2D eigenvalue weighted by Gasteiger charge is 2.62. The van der Waals surface area contributed by atoms with Gasteiger partial charge in [-0.2, -0.15) is 5.10 Å². The number of aromatic nitrogens is 5. The van der Waals surface area contributed by atoms with Crippen LogP contribution in [0.4, 0.5) is 10.5 Å². The SMILES string of the molecule is CC1CC2CC(c3nnc(CN4CCOCC4)o3)(C1)N2C(=O)Nc1ccc(Cl)c(-c2ncn(C)n2)c1. The Hall–Kier alpha value is -3.02. The third-order valence-corrected chi connectivity index (χ3v) is 7.69. The van der Waals surface area contributed by atoms with Crippen LogP contribution in [0.5, 0.6) is 0 Å². The van der Waals surface area contributed by atoms with Crippen molar-refractivity contribution in [1.29, 1.82) is 0 Å². The summed E-state index contributed by atoms with van der Waals surface area (Å²) in [5.74, 6) is 2.06. The molecule has 0 spiro atoms. The molecule has 1 N–H and O–H groups in total. The fourth-order valence-corrected chi connectivity index (χ4v) is 6.03. The molecule has 1 aromatic carbocycles. The Labute approximate surface area is 213 Å². The van der Waals surface area contributed by atoms with Crippen molar-refractivity contribution in [3.05, 3.63) is 41.3 Å². The second-order valence-corrected chi connectivity index (χ2v) is 10.5. The molecule has 3 aliphatic heterocycles. The highest BCUT2D eigenvalue weighted by atomic mass is 35.5. The Bertz CT molecular complexity index is 1270. The lowest BCUT2D eigenvalue weighted by Crippen LogP contribution is -2.70. The number of rotatable bonds is 5. The third-order valence-electron chi connectivity index (χ3n) is 7.36. The van der Waals surface area contributed by atoms with Gasteiger partial charge >= 0.3 is 6.03 Å². The van der Waals surface area contributed by atoms with Crippen LogP contribution in [0.15, 0.2) is 28.9 Å². The summed E-state index contributed by atoms with van der Waals surface area (Å²) in [6.07, 6.45) is 4.18. The smallest absolute Gasteiger partial charge is 0.323 e. The predicted molar refractivity (Wildman–Crippen MR) is 131 cm³/mol. The van der Waals surface area contributed by atoms with Crippen LogP contribution in [0, 0.1) is 5.92 Å². The summed E-state index contributed by atoms with van der Waals surface area (Å²) in [5, 5.41) is 16.7. The number of amides is 2. The van der Waals surface area contributed by atoms with E-state index in [1.807, 2.05) is 4.90 Å². The minimum Gasteiger partial charge on any atom is -0.421 e. The van der Waals surface area contributed by atoms with E-state index >= 15 is 0 Å². The number of benzene rings is 1. The second kappa shape index (κ2) is 9.13. The summed E-state index contributed by atoms with van der Waals surface area (Å²) in [6, 6.07) is 5.27. The molecule has 2 bridgehead atoms. The standard InChI is InChI=1S/C24H29ClN8O3/c1-15-9-17-12-24(11-15,22-29-28-20(36-22)13-32-5-7-35-8-6-32)33(17)23(34)27-16-3-4-19(25)18(10-16)21-26-14-31(2)30-21/h3-4,10,14-15,17H,5-9,11-13H2,1-2H3,(H,27,34). The van der Waals surface area contributed by atoms with Crippen molar-refractivity contribution in [2.45, 2.75) is 44.3 Å². The number of nitrogens with one attached hydrogen (secondary N) is 1. The number of piperidine rings is 1. The van der Waals surface area contributed by atoms with Gasteiger partial charge < -0.3 is 19.4 Å². The largest absolute Gasteiger partial charge is 0.421 e. The van der Waals surface area contributed by atoms with E-state index in [9.17, 15) is 4.79 Å². The average Bonchev–Trinajstić information content (AvgIpc) is 3.49. The van der Waals surface area contributed by atoms with Crippen LogP contribution in [0.1, 0.15) is 38.0 Å². The first-order valence-electron chi connectivity index (χ1n) is 12.3. The van der Waals surface area contributed by atoms with Gasteiger partial charge in [0.15, 0.2) is 5.82 Å². The van der Waals surface area contributed by atoms with Gasteiger partial charge in [-0.3, -0.25) is 9.58 Å². The molecule has 36 heavy (non-hydrogen) atoms. The Morgan fingerprint density at radius 2 is 2.08 bits per heavy atom. The quantitative estimate of drug-likeness (QED) is 0.554. The number of carbonyl (C=O) groups is 1. The van der Waals surface area contributed by atoms with Crippen molar-refractivity contribution < 1.29 is 13.9 Å². The molecule has 3 atom stereocenters. The van der Waals surface area contributed by atoms with Gasteiger partial charge in [-0.25, -0.2) is 9.78 Å². The number of morpholine rings is 1. The topological polar surface area (TPSA) is 114 Å². The Balaban J connectivity index is 1.22. The highest BCUT2D eigenvalue weighted by Crippen LogP contribution is 2.55. The average molecular weight is 513 g/mol. The number of hydrogen-bond acceptors (Lipinski definition) is 8. The Morgan fingerprint density at radius 1 is 1.25 bits per heavy atom. The van der Waals surface area contributed by atoms with Crippen molar-refractivity contribution in [1.82, 2.24) is 34.8 Å². The second-order valence-electron chi connectivity index (χ2n) is 10.1. The van der Waals surface area contributed by atoms with Crippen LogP contribution in [0.2, 0.25) is 5.02 Å². The van der Waals surface area contributed by atoms with E-state index in [0.29, 0.717) is 59.6 Å². The highest BCUT2D eigenvalue weighted by molar-refractivity contribution is 6.33. The number of aryl methyl sites for hydroxylation is 1. The number of hydrogen-bond donors (Lipinski definition) is 1. The summed E-state index contributed by atoms with van der Waals surface area (Å²) in [5.41, 5.74) is 0.700. The maximum absolute atomic E-state index is 13.6. The third kappa shape index (κ3) is 4.14. The fraction of sp³-hybridized carbons (Fsp3) is 0.542. The van der Waals surface area contributed by atoms with Gasteiger partial charge in [-0.05, 0) is 37.0 Å². The van der Waals surface area contributed by atoms with Crippen LogP contribution in [-0.2, 0) is 23.9 Å². The molecule has 2 aromatic heterocycles. The van der Waals surface area contributed by atoms with Crippen LogP contribution in [0.3, 0.4) is 0 Å². The zero-order valence-electron chi connectivity index (χ0n) is 20.4. The first-order valence-corrected chi connectivity index (χ1v) is 12.7. The molecule has 7 rings (SSSR count). The zero-order valence-corrected chi connectivity index (χ0v) is 21.1. The molecular formula is C24H29ClN8O3. The van der Waals surface area contributed by atoms with Crippen molar-refractivity contribution >= 4 is 23.3 Å². The summed E-state index contributed by atoms with van der Waals surface area (Å²) >= 11 is 6.40. The van der Waals surface area contributed by atoms with Crippen LogP contribution in [0.25, 0.3) is 11.4 Å². The maximum atomic E-state index is 13.6. The van der Waals surface area contributed by atoms with Crippen molar-refractivity contribution in [3.8, 4) is 11.4 Å². The fourth-order valence-electron chi connectivity index (χ4n) is 5.83. The predicted octanol–water partition coefficient (Wildman–Crippen LogP) is 3.28. The Morgan fingerprint density at radius 3 is 2.86 bits per heavy atom. The zero-order chi connectivity index (χ0) is 24.9. The lowest BCUT2D eigenvalue weighted by Gasteiger charge is -2.61. The first kappa shape index (κ1) is 23.4. The van der Waals surface area contributed by atoms with E-state index < -0.39 is 5.54 Å². The summed E-state index contributed by atoms with van der Waals surface area (Å²) in [4.78, 5) is 22.0. The normalized spacial score (nSPS) is 26.0. The molecule has 3 saturated heterocycles. The van der Waals surface area contributed by atoms with E-state index in [-0.39, 0.29) is 12.1 Å². The minimum absolute atomic E-state index is 0.132. The van der Waals surface area contributed by atoms with Crippen LogP contribution in [-0.4, -0.2) is 73.1 Å². The molecule has 4 fully saturated rings. The molecule has 12 heteroatoms. The van der Waals surface area contributed by atoms with Gasteiger partial charge in [-0.15, -0.1) is 10.2 Å². The van der Waals surface area contributed by atoms with Gasteiger partial charge in [-0.1, -0.05) is 18.5 Å². The van der Waals surface area contributed by atoms with Gasteiger partial charge in [0.05, 0.1) is 24.8 Å². The van der Waals surface area contributed by atoms with E-state index in [0.717, 1.165) is 32.4 Å². The molecule has 4 aliphatic rings. The van der Waals surface area contributed by atoms with Crippen LogP contribution < -0.4 is 5.32 Å². The molecule has 1 aliphatic carbocycles. The summed E-state index contributed by atoms with van der Waals surface area (Å²) in [7, 11) is 1.79. The number of nitrogens with zero attached hydrogens (tertiary/aromatic N) is 7. The molecule has 1 saturated carbocycles. The monoisotopic (exact) mass is 512 g/mol. The van der Waals surface area contributed by atoms with Crippen molar-refractivity contribution in [3.63, 3.8) is 0 Å². The number of urea groups is 1. The molecular weight excluding hydrogens is 484 g/mol. The summed E-state index contributed by atoms with van der Waals surface area (Å²) in [6.45, 7) is 5.90. The molecule has 0 radical (unpaired) electrons. The van der Waals surface area contributed by atoms with Gasteiger partial charge in [0.2, 0.25) is 11.8 Å². The van der Waals surface area contributed by atoms with Gasteiger partial charge in [0.25, 0.3) is 0 Å². The first-order chi connectivity index (χ1) is 17.4. The van der Waals surface area contributed by atoms with E-state index in [1.165, 1.54) is 0 Å². The molecule has 11 nitrogen and oxygen atoms in total. The van der Waals surface area contributed by atoms with E-state index in [4.69, 9.17) is 20.8 Å².